The predicted molar refractivity (Wildman–Crippen MR) is 48.7 cm³/mol. The smallest absolute Gasteiger partial charge is 0.228 e. The van der Waals surface area contributed by atoms with Gasteiger partial charge in [-0.1, -0.05) is 0 Å². The summed E-state index contributed by atoms with van der Waals surface area (Å²) in [5.74, 6) is 0.0426. The Morgan fingerprint density at radius 3 is 2.83 bits per heavy atom. The minimum Gasteiger partial charge on any atom is -0.616 e. The van der Waals surface area contributed by atoms with Crippen LogP contribution in [0.3, 0.4) is 0 Å². The number of Topliss-reactive ketones (excluding diaryl/α,β-unsaturated/α-hetero) is 1. The SMILES string of the molecule is Cn1cccc1C(=O)C[S+](C)[O-]. The maximum atomic E-state index is 11.3. The highest BCUT2D eigenvalue weighted by molar-refractivity contribution is 7.91. The summed E-state index contributed by atoms with van der Waals surface area (Å²) in [6.07, 6.45) is 3.33. The molecule has 0 fully saturated rings. The van der Waals surface area contributed by atoms with Gasteiger partial charge in [-0.15, -0.1) is 0 Å². The molecular weight excluding hydrogens is 174 g/mol. The molecule has 0 saturated heterocycles. The van der Waals surface area contributed by atoms with Crippen LogP contribution in [-0.4, -0.2) is 26.9 Å². The highest BCUT2D eigenvalue weighted by Gasteiger charge is 2.13. The predicted octanol–water partition coefficient (Wildman–Crippen LogP) is 0.586. The van der Waals surface area contributed by atoms with E-state index in [9.17, 15) is 9.35 Å². The van der Waals surface area contributed by atoms with Crippen molar-refractivity contribution in [1.29, 1.82) is 0 Å². The van der Waals surface area contributed by atoms with Gasteiger partial charge >= 0.3 is 0 Å². The van der Waals surface area contributed by atoms with Gasteiger partial charge in [-0.3, -0.25) is 4.79 Å². The van der Waals surface area contributed by atoms with Crippen molar-refractivity contribution in [3.63, 3.8) is 0 Å². The molecule has 0 saturated carbocycles. The summed E-state index contributed by atoms with van der Waals surface area (Å²) in [5, 5.41) is 0. The highest BCUT2D eigenvalue weighted by atomic mass is 32.2. The summed E-state index contributed by atoms with van der Waals surface area (Å²) in [6.45, 7) is 0. The molecule has 0 amide bonds. The lowest BCUT2D eigenvalue weighted by Crippen LogP contribution is -2.16. The Bertz CT molecular complexity index is 280. The Morgan fingerprint density at radius 2 is 2.42 bits per heavy atom. The normalized spacial score (nSPS) is 12.9. The van der Waals surface area contributed by atoms with E-state index in [0.29, 0.717) is 5.69 Å². The summed E-state index contributed by atoms with van der Waals surface area (Å²) >= 11 is -1.05. The molecule has 1 aromatic rings. The number of ketones is 1. The highest BCUT2D eigenvalue weighted by Crippen LogP contribution is 2.02. The van der Waals surface area contributed by atoms with Crippen LogP contribution in [0.1, 0.15) is 10.5 Å². The van der Waals surface area contributed by atoms with Gasteiger partial charge in [0.25, 0.3) is 0 Å². The van der Waals surface area contributed by atoms with Gasteiger partial charge in [0, 0.05) is 13.2 Å². The summed E-state index contributed by atoms with van der Waals surface area (Å²) in [4.78, 5) is 11.3. The van der Waals surface area contributed by atoms with Crippen molar-refractivity contribution in [2.24, 2.45) is 7.05 Å². The molecule has 1 unspecified atom stereocenters. The van der Waals surface area contributed by atoms with Gasteiger partial charge in [0.2, 0.25) is 5.78 Å². The van der Waals surface area contributed by atoms with Crippen LogP contribution in [0.15, 0.2) is 18.3 Å². The molecule has 4 heteroatoms. The minimum absolute atomic E-state index is 0.0664. The van der Waals surface area contributed by atoms with Crippen LogP contribution in [-0.2, 0) is 18.2 Å². The number of carbonyl (C=O) groups is 1. The number of hydrogen-bond donors (Lipinski definition) is 0. The van der Waals surface area contributed by atoms with E-state index in [-0.39, 0.29) is 11.5 Å². The third-order valence-corrected chi connectivity index (χ3v) is 2.23. The van der Waals surface area contributed by atoms with Crippen LogP contribution in [0.25, 0.3) is 0 Å². The molecule has 0 spiro atoms. The van der Waals surface area contributed by atoms with Crippen molar-refractivity contribution in [2.45, 2.75) is 0 Å². The third kappa shape index (κ3) is 2.12. The zero-order valence-electron chi connectivity index (χ0n) is 7.11. The van der Waals surface area contributed by atoms with Crippen LogP contribution in [0.4, 0.5) is 0 Å². The zero-order chi connectivity index (χ0) is 9.14. The largest absolute Gasteiger partial charge is 0.616 e. The molecular formula is C8H11NO2S. The Hall–Kier alpha value is -0.740. The van der Waals surface area contributed by atoms with Crippen molar-refractivity contribution in [3.05, 3.63) is 24.0 Å². The molecule has 3 nitrogen and oxygen atoms in total. The van der Waals surface area contributed by atoms with Gasteiger partial charge < -0.3 is 9.12 Å². The monoisotopic (exact) mass is 185 g/mol. The van der Waals surface area contributed by atoms with E-state index in [4.69, 9.17) is 0 Å². The number of nitrogens with zero attached hydrogens (tertiary/aromatic N) is 1. The van der Waals surface area contributed by atoms with Crippen molar-refractivity contribution in [3.8, 4) is 0 Å². The minimum atomic E-state index is -1.05. The van der Waals surface area contributed by atoms with E-state index in [0.717, 1.165) is 0 Å². The second-order valence-electron chi connectivity index (χ2n) is 2.65. The van der Waals surface area contributed by atoms with Crippen molar-refractivity contribution < 1.29 is 9.35 Å². The second-order valence-corrected chi connectivity index (χ2v) is 4.08. The maximum absolute atomic E-state index is 11.3. The number of aromatic nitrogens is 1. The van der Waals surface area contributed by atoms with Crippen molar-refractivity contribution in [2.75, 3.05) is 12.0 Å². The quantitative estimate of drug-likeness (QED) is 0.511. The molecule has 0 bridgehead atoms. The van der Waals surface area contributed by atoms with Gasteiger partial charge in [-0.2, -0.15) is 0 Å². The summed E-state index contributed by atoms with van der Waals surface area (Å²) in [6, 6.07) is 3.53. The Balaban J connectivity index is 2.72. The fourth-order valence-corrected chi connectivity index (χ4v) is 1.53. The molecule has 66 valence electrons. The van der Waals surface area contributed by atoms with Gasteiger partial charge in [0.05, 0.1) is 11.9 Å². The van der Waals surface area contributed by atoms with Gasteiger partial charge in [0.1, 0.15) is 0 Å². The standard InChI is InChI=1S/C8H11NO2S/c1-9-5-3-4-7(9)8(10)6-12(2)11/h3-5H,6H2,1-2H3. The van der Waals surface area contributed by atoms with Crippen LogP contribution < -0.4 is 0 Å². The first-order chi connectivity index (χ1) is 5.61. The van der Waals surface area contributed by atoms with Gasteiger partial charge in [-0.25, -0.2) is 0 Å². The summed E-state index contributed by atoms with van der Waals surface area (Å²) in [5.41, 5.74) is 0.616. The molecule has 0 aromatic carbocycles. The first kappa shape index (κ1) is 9.35. The molecule has 0 aliphatic carbocycles. The molecule has 1 rings (SSSR count). The van der Waals surface area contributed by atoms with Crippen molar-refractivity contribution >= 4 is 17.0 Å². The van der Waals surface area contributed by atoms with Crippen LogP contribution >= 0.6 is 0 Å². The first-order valence-electron chi connectivity index (χ1n) is 3.56. The molecule has 0 radical (unpaired) electrons. The molecule has 1 heterocycles. The summed E-state index contributed by atoms with van der Waals surface area (Å²) in [7, 11) is 1.80. The molecule has 1 aromatic heterocycles. The third-order valence-electron chi connectivity index (χ3n) is 1.56. The molecule has 0 aliphatic heterocycles. The molecule has 0 aliphatic rings. The average molecular weight is 185 g/mol. The first-order valence-corrected chi connectivity index (χ1v) is 5.28. The van der Waals surface area contributed by atoms with E-state index >= 15 is 0 Å². The lowest BCUT2D eigenvalue weighted by atomic mass is 10.3. The lowest BCUT2D eigenvalue weighted by Gasteiger charge is -2.04. The Morgan fingerprint density at radius 1 is 1.75 bits per heavy atom. The van der Waals surface area contributed by atoms with Crippen LogP contribution in [0, 0.1) is 0 Å². The average Bonchev–Trinajstić information content (AvgIpc) is 2.33. The van der Waals surface area contributed by atoms with Gasteiger partial charge in [-0.05, 0) is 23.3 Å². The molecule has 1 atom stereocenters. The fourth-order valence-electron chi connectivity index (χ4n) is 1.01. The zero-order valence-corrected chi connectivity index (χ0v) is 7.93. The molecule has 0 N–H and O–H groups in total. The summed E-state index contributed by atoms with van der Waals surface area (Å²) < 4.78 is 12.5. The van der Waals surface area contributed by atoms with Gasteiger partial charge in [0.15, 0.2) is 5.75 Å². The Labute approximate surface area is 74.6 Å². The van der Waals surface area contributed by atoms with E-state index in [1.807, 2.05) is 0 Å². The number of carbonyl (C=O) groups excluding carboxylic acids is 1. The maximum Gasteiger partial charge on any atom is 0.228 e. The molecule has 12 heavy (non-hydrogen) atoms. The topological polar surface area (TPSA) is 45.1 Å². The number of hydrogen-bond acceptors (Lipinski definition) is 2. The number of aryl methyl sites for hydroxylation is 1. The number of rotatable bonds is 3. The van der Waals surface area contributed by atoms with Crippen molar-refractivity contribution in [1.82, 2.24) is 4.57 Å². The van der Waals surface area contributed by atoms with E-state index in [2.05, 4.69) is 0 Å². The second kappa shape index (κ2) is 3.78. The Kier molecular flexibility index (Phi) is 2.94. The van der Waals surface area contributed by atoms with E-state index in [1.165, 1.54) is 6.26 Å². The van der Waals surface area contributed by atoms with E-state index < -0.39 is 11.2 Å². The van der Waals surface area contributed by atoms with Crippen LogP contribution in [0.5, 0.6) is 0 Å². The van der Waals surface area contributed by atoms with E-state index in [1.54, 1.807) is 29.9 Å². The fraction of sp³-hybridized carbons (Fsp3) is 0.375. The van der Waals surface area contributed by atoms with Crippen LogP contribution in [0.2, 0.25) is 0 Å². The lowest BCUT2D eigenvalue weighted by molar-refractivity contribution is 0.101.